The van der Waals surface area contributed by atoms with Gasteiger partial charge in [-0.25, -0.2) is 0 Å². The number of allylic oxidation sites excluding steroid dienone is 2. The van der Waals surface area contributed by atoms with Crippen molar-refractivity contribution >= 4 is 5.78 Å². The first kappa shape index (κ1) is 9.83. The van der Waals surface area contributed by atoms with Crippen LogP contribution in [-0.2, 0) is 10.2 Å². The molecule has 1 aromatic rings. The molecule has 0 N–H and O–H groups in total. The number of rotatable bonds is 1. The lowest BCUT2D eigenvalue weighted by atomic mass is 9.61. The van der Waals surface area contributed by atoms with E-state index in [0.29, 0.717) is 5.78 Å². The van der Waals surface area contributed by atoms with E-state index in [1.165, 1.54) is 12.0 Å². The summed E-state index contributed by atoms with van der Waals surface area (Å²) in [7, 11) is 0. The molecule has 2 atom stereocenters. The minimum Gasteiger partial charge on any atom is -0.298 e. The van der Waals surface area contributed by atoms with Gasteiger partial charge in [0.2, 0.25) is 0 Å². The summed E-state index contributed by atoms with van der Waals surface area (Å²) in [5, 5.41) is 0. The lowest BCUT2D eigenvalue weighted by Gasteiger charge is -2.40. The van der Waals surface area contributed by atoms with Crippen LogP contribution in [0.2, 0.25) is 0 Å². The molecule has 0 radical (unpaired) electrons. The molecule has 0 saturated heterocycles. The van der Waals surface area contributed by atoms with Gasteiger partial charge >= 0.3 is 0 Å². The Morgan fingerprint density at radius 2 is 2.00 bits per heavy atom. The van der Waals surface area contributed by atoms with E-state index in [2.05, 4.69) is 24.3 Å². The van der Waals surface area contributed by atoms with Crippen LogP contribution < -0.4 is 0 Å². The van der Waals surface area contributed by atoms with E-state index in [4.69, 9.17) is 0 Å². The summed E-state index contributed by atoms with van der Waals surface area (Å²) in [5.74, 6) is 0.728. The van der Waals surface area contributed by atoms with Crippen molar-refractivity contribution in [2.75, 3.05) is 0 Å². The summed E-state index contributed by atoms with van der Waals surface area (Å²) in [6.45, 7) is 0. The summed E-state index contributed by atoms with van der Waals surface area (Å²) >= 11 is 0. The molecule has 1 heteroatoms. The molecule has 1 nitrogen and oxygen atoms in total. The van der Waals surface area contributed by atoms with Crippen molar-refractivity contribution in [1.82, 2.24) is 0 Å². The standard InChI is InChI=1S/C15H16O/c16-14-12-6-4-10-15(14,11-5-7-12)13-8-2-1-3-9-13/h1-4,8-10,12H,5-7,11H2. The van der Waals surface area contributed by atoms with Crippen molar-refractivity contribution in [3.8, 4) is 0 Å². The van der Waals surface area contributed by atoms with Crippen molar-refractivity contribution in [3.05, 3.63) is 48.0 Å². The minimum absolute atomic E-state index is 0.277. The third kappa shape index (κ3) is 1.27. The molecular formula is C15H16O. The number of carbonyl (C=O) groups excluding carboxylic acids is 1. The van der Waals surface area contributed by atoms with E-state index >= 15 is 0 Å². The molecule has 1 fully saturated rings. The predicted octanol–water partition coefficient (Wildman–Crippen LogP) is 3.25. The third-order valence-electron chi connectivity index (χ3n) is 4.05. The number of benzene rings is 1. The average Bonchev–Trinajstić information content (AvgIpc) is 2.30. The SMILES string of the molecule is O=C1C2CC=CC1(c1ccccc1)CCC2. The summed E-state index contributed by atoms with van der Waals surface area (Å²) < 4.78 is 0. The molecule has 1 aromatic carbocycles. The third-order valence-corrected chi connectivity index (χ3v) is 4.05. The normalized spacial score (nSPS) is 32.8. The highest BCUT2D eigenvalue weighted by Gasteiger charge is 2.45. The second kappa shape index (κ2) is 3.58. The Bertz CT molecular complexity index is 432. The van der Waals surface area contributed by atoms with Gasteiger partial charge in [0.1, 0.15) is 0 Å². The fourth-order valence-corrected chi connectivity index (χ4v) is 3.19. The van der Waals surface area contributed by atoms with Gasteiger partial charge in [-0.2, -0.15) is 0 Å². The molecule has 3 rings (SSSR count). The Kier molecular flexibility index (Phi) is 2.20. The molecule has 2 aliphatic rings. The second-order valence-corrected chi connectivity index (χ2v) is 4.93. The van der Waals surface area contributed by atoms with Crippen LogP contribution in [0.4, 0.5) is 0 Å². The van der Waals surface area contributed by atoms with Gasteiger partial charge in [0, 0.05) is 5.92 Å². The average molecular weight is 212 g/mol. The molecule has 82 valence electrons. The predicted molar refractivity (Wildman–Crippen MR) is 64.2 cm³/mol. The fraction of sp³-hybridized carbons (Fsp3) is 0.400. The van der Waals surface area contributed by atoms with E-state index < -0.39 is 0 Å². The van der Waals surface area contributed by atoms with E-state index in [0.717, 1.165) is 19.3 Å². The number of ketones is 1. The van der Waals surface area contributed by atoms with Gasteiger partial charge in [0.05, 0.1) is 5.41 Å². The van der Waals surface area contributed by atoms with Gasteiger partial charge in [0.15, 0.2) is 5.78 Å². The van der Waals surface area contributed by atoms with Gasteiger partial charge in [-0.15, -0.1) is 0 Å². The van der Waals surface area contributed by atoms with Gasteiger partial charge < -0.3 is 0 Å². The van der Waals surface area contributed by atoms with E-state index in [1.54, 1.807) is 0 Å². The van der Waals surface area contributed by atoms with Crippen LogP contribution in [0.1, 0.15) is 31.2 Å². The number of fused-ring (bicyclic) bond motifs is 2. The molecule has 16 heavy (non-hydrogen) atoms. The molecule has 0 heterocycles. The first-order valence-electron chi connectivity index (χ1n) is 6.10. The van der Waals surface area contributed by atoms with Crippen LogP contribution in [0.3, 0.4) is 0 Å². The lowest BCUT2D eigenvalue weighted by Crippen LogP contribution is -2.44. The Morgan fingerprint density at radius 3 is 2.81 bits per heavy atom. The second-order valence-electron chi connectivity index (χ2n) is 4.93. The number of carbonyl (C=O) groups is 1. The molecule has 2 bridgehead atoms. The van der Waals surface area contributed by atoms with Gasteiger partial charge in [-0.1, -0.05) is 48.9 Å². The molecule has 0 aliphatic heterocycles. The Hall–Kier alpha value is -1.37. The Labute approximate surface area is 96.2 Å². The molecule has 1 saturated carbocycles. The zero-order chi connectivity index (χ0) is 11.0. The molecule has 0 amide bonds. The maximum Gasteiger partial charge on any atom is 0.150 e. The molecule has 0 aromatic heterocycles. The number of hydrogen-bond donors (Lipinski definition) is 0. The van der Waals surface area contributed by atoms with E-state index in [1.807, 2.05) is 18.2 Å². The minimum atomic E-state index is -0.289. The largest absolute Gasteiger partial charge is 0.298 e. The van der Waals surface area contributed by atoms with Crippen molar-refractivity contribution in [2.45, 2.75) is 31.1 Å². The van der Waals surface area contributed by atoms with Crippen molar-refractivity contribution in [3.63, 3.8) is 0 Å². The zero-order valence-corrected chi connectivity index (χ0v) is 9.36. The van der Waals surface area contributed by atoms with E-state index in [9.17, 15) is 4.79 Å². The summed E-state index contributed by atoms with van der Waals surface area (Å²) in [4.78, 5) is 12.5. The van der Waals surface area contributed by atoms with Crippen LogP contribution in [0.5, 0.6) is 0 Å². The Balaban J connectivity index is 2.12. The smallest absolute Gasteiger partial charge is 0.150 e. The summed E-state index contributed by atoms with van der Waals surface area (Å²) in [6, 6.07) is 10.3. The Morgan fingerprint density at radius 1 is 1.19 bits per heavy atom. The van der Waals surface area contributed by atoms with E-state index in [-0.39, 0.29) is 11.3 Å². The number of hydrogen-bond acceptors (Lipinski definition) is 1. The zero-order valence-electron chi connectivity index (χ0n) is 9.36. The van der Waals surface area contributed by atoms with Crippen LogP contribution in [0, 0.1) is 5.92 Å². The summed E-state index contributed by atoms with van der Waals surface area (Å²) in [6.07, 6.45) is 8.56. The summed E-state index contributed by atoms with van der Waals surface area (Å²) in [5.41, 5.74) is 0.892. The highest BCUT2D eigenvalue weighted by atomic mass is 16.1. The van der Waals surface area contributed by atoms with Gasteiger partial charge in [0.25, 0.3) is 0 Å². The molecule has 0 spiro atoms. The topological polar surface area (TPSA) is 17.1 Å². The highest BCUT2D eigenvalue weighted by Crippen LogP contribution is 2.44. The fourth-order valence-electron chi connectivity index (χ4n) is 3.19. The molecular weight excluding hydrogens is 196 g/mol. The maximum atomic E-state index is 12.5. The van der Waals surface area contributed by atoms with Crippen LogP contribution in [-0.4, -0.2) is 5.78 Å². The lowest BCUT2D eigenvalue weighted by molar-refractivity contribution is -0.129. The van der Waals surface area contributed by atoms with Crippen LogP contribution >= 0.6 is 0 Å². The molecule has 2 unspecified atom stereocenters. The monoisotopic (exact) mass is 212 g/mol. The first-order chi connectivity index (χ1) is 7.83. The van der Waals surface area contributed by atoms with Crippen molar-refractivity contribution < 1.29 is 4.79 Å². The quantitative estimate of drug-likeness (QED) is 0.653. The number of Topliss-reactive ketones (excluding diaryl/α,β-unsaturated/α-hetero) is 1. The highest BCUT2D eigenvalue weighted by molar-refractivity contribution is 5.95. The van der Waals surface area contributed by atoms with Crippen LogP contribution in [0.25, 0.3) is 0 Å². The van der Waals surface area contributed by atoms with Crippen molar-refractivity contribution in [1.29, 1.82) is 0 Å². The maximum absolute atomic E-state index is 12.5. The van der Waals surface area contributed by atoms with Crippen LogP contribution in [0.15, 0.2) is 42.5 Å². The van der Waals surface area contributed by atoms with Gasteiger partial charge in [-0.3, -0.25) is 4.79 Å². The van der Waals surface area contributed by atoms with Gasteiger partial charge in [-0.05, 0) is 24.8 Å². The molecule has 2 aliphatic carbocycles. The van der Waals surface area contributed by atoms with Crippen molar-refractivity contribution in [2.24, 2.45) is 5.92 Å². The first-order valence-corrected chi connectivity index (χ1v) is 6.10.